The van der Waals surface area contributed by atoms with Crippen LogP contribution in [-0.2, 0) is 22.6 Å². The molecule has 1 N–H and O–H groups in total. The van der Waals surface area contributed by atoms with Crippen molar-refractivity contribution in [3.8, 4) is 5.75 Å². The average molecular weight is 340 g/mol. The predicted molar refractivity (Wildman–Crippen MR) is 89.9 cm³/mol. The van der Waals surface area contributed by atoms with E-state index in [0.29, 0.717) is 25.9 Å². The second kappa shape index (κ2) is 6.23. The maximum atomic E-state index is 13.0. The third kappa shape index (κ3) is 2.86. The molecule has 7 heteroatoms. The molecule has 130 valence electrons. The first-order valence-electron chi connectivity index (χ1n) is 8.42. The van der Waals surface area contributed by atoms with Crippen LogP contribution in [0.1, 0.15) is 23.7 Å². The van der Waals surface area contributed by atoms with E-state index in [9.17, 15) is 9.59 Å². The van der Waals surface area contributed by atoms with Crippen LogP contribution in [0.3, 0.4) is 0 Å². The Hall–Kier alpha value is -2.83. The zero-order valence-electron chi connectivity index (χ0n) is 14.0. The highest BCUT2D eigenvalue weighted by Crippen LogP contribution is 2.30. The van der Waals surface area contributed by atoms with Gasteiger partial charge in [0.05, 0.1) is 24.7 Å². The normalized spacial score (nSPS) is 21.2. The second-order valence-corrected chi connectivity index (χ2v) is 6.44. The monoisotopic (exact) mass is 340 g/mol. The van der Waals surface area contributed by atoms with Gasteiger partial charge in [0.2, 0.25) is 5.91 Å². The lowest BCUT2D eigenvalue weighted by Gasteiger charge is -2.34. The predicted octanol–water partition coefficient (Wildman–Crippen LogP) is 0.906. The number of hydrogen-bond acceptors (Lipinski definition) is 4. The second-order valence-electron chi connectivity index (χ2n) is 6.44. The first-order valence-corrected chi connectivity index (χ1v) is 8.42. The van der Waals surface area contributed by atoms with E-state index in [2.05, 4.69) is 10.4 Å². The van der Waals surface area contributed by atoms with Gasteiger partial charge in [0.1, 0.15) is 5.75 Å². The number of nitrogens with one attached hydrogen (secondary N) is 1. The number of fused-ring (bicyclic) bond motifs is 2. The first kappa shape index (κ1) is 15.7. The first-order chi connectivity index (χ1) is 12.2. The van der Waals surface area contributed by atoms with Gasteiger partial charge < -0.3 is 15.0 Å². The Kier molecular flexibility index (Phi) is 3.91. The van der Waals surface area contributed by atoms with Crippen LogP contribution < -0.4 is 10.1 Å². The van der Waals surface area contributed by atoms with Gasteiger partial charge in [0.15, 0.2) is 6.10 Å². The highest BCUT2D eigenvalue weighted by Gasteiger charge is 2.36. The molecule has 0 saturated carbocycles. The minimum atomic E-state index is -0.493. The summed E-state index contributed by atoms with van der Waals surface area (Å²) in [5, 5.41) is 6.95. The lowest BCUT2D eigenvalue weighted by Crippen LogP contribution is -2.47. The van der Waals surface area contributed by atoms with Crippen LogP contribution >= 0.6 is 0 Å². The molecule has 0 saturated heterocycles. The summed E-state index contributed by atoms with van der Waals surface area (Å²) in [6, 6.07) is 9.47. The number of benzene rings is 1. The zero-order valence-corrected chi connectivity index (χ0v) is 14.0. The van der Waals surface area contributed by atoms with Crippen LogP contribution in [-0.4, -0.2) is 46.2 Å². The van der Waals surface area contributed by atoms with Crippen molar-refractivity contribution in [1.82, 2.24) is 20.0 Å². The summed E-state index contributed by atoms with van der Waals surface area (Å²) in [5.74, 6) is 0.681. The Balaban J connectivity index is 1.51. The third-order valence-corrected chi connectivity index (χ3v) is 4.82. The molecule has 3 heterocycles. The van der Waals surface area contributed by atoms with E-state index in [1.54, 1.807) is 18.1 Å². The molecule has 0 unspecified atom stereocenters. The van der Waals surface area contributed by atoms with Gasteiger partial charge in [-0.25, -0.2) is 0 Å². The molecule has 2 aliphatic rings. The summed E-state index contributed by atoms with van der Waals surface area (Å²) in [5.41, 5.74) is 1.99. The van der Waals surface area contributed by atoms with Crippen LogP contribution in [0.25, 0.3) is 0 Å². The Morgan fingerprint density at radius 3 is 2.96 bits per heavy atom. The molecule has 0 aliphatic carbocycles. The molecular formula is C18H20N4O3. The summed E-state index contributed by atoms with van der Waals surface area (Å²) in [7, 11) is 1.61. The molecule has 0 bridgehead atoms. The number of nitrogens with zero attached hydrogens (tertiary/aromatic N) is 3. The molecule has 7 nitrogen and oxygen atoms in total. The Labute approximate surface area is 145 Å². The molecule has 1 aromatic heterocycles. The molecule has 4 rings (SSSR count). The quantitative estimate of drug-likeness (QED) is 0.901. The summed E-state index contributed by atoms with van der Waals surface area (Å²) in [6.07, 6.45) is 2.10. The van der Waals surface area contributed by atoms with E-state index < -0.39 is 6.10 Å². The van der Waals surface area contributed by atoms with E-state index in [0.717, 1.165) is 17.0 Å². The van der Waals surface area contributed by atoms with Crippen LogP contribution in [0.5, 0.6) is 5.75 Å². The van der Waals surface area contributed by atoms with Crippen molar-refractivity contribution in [2.75, 3.05) is 13.6 Å². The molecule has 2 amide bonds. The summed E-state index contributed by atoms with van der Waals surface area (Å²) >= 11 is 0. The standard InChI is InChI=1S/C18H20N4O3/c1-19-17(23)9-14-11-21(10-13-6-7-20-22(13)14)18(24)16-8-12-4-2-3-5-15(12)25-16/h2-7,14,16H,8-11H2,1H3,(H,19,23)/t14-,16-/m1/s1. The van der Waals surface area contributed by atoms with Crippen LogP contribution in [0.2, 0.25) is 0 Å². The number of amides is 2. The van der Waals surface area contributed by atoms with Gasteiger partial charge >= 0.3 is 0 Å². The molecule has 1 aromatic carbocycles. The van der Waals surface area contributed by atoms with Crippen LogP contribution in [0, 0.1) is 0 Å². The number of ether oxygens (including phenoxy) is 1. The summed E-state index contributed by atoms with van der Waals surface area (Å²) in [4.78, 5) is 26.6. The number of rotatable bonds is 3. The van der Waals surface area contributed by atoms with Crippen molar-refractivity contribution >= 4 is 11.8 Å². The van der Waals surface area contributed by atoms with E-state index >= 15 is 0 Å². The number of hydrogen-bond donors (Lipinski definition) is 1. The van der Waals surface area contributed by atoms with Crippen molar-refractivity contribution in [1.29, 1.82) is 0 Å². The Morgan fingerprint density at radius 2 is 2.16 bits per heavy atom. The fourth-order valence-electron chi connectivity index (χ4n) is 3.55. The average Bonchev–Trinajstić information content (AvgIpc) is 3.27. The van der Waals surface area contributed by atoms with Crippen molar-refractivity contribution in [2.45, 2.75) is 31.5 Å². The highest BCUT2D eigenvalue weighted by atomic mass is 16.5. The highest BCUT2D eigenvalue weighted by molar-refractivity contribution is 5.83. The smallest absolute Gasteiger partial charge is 0.264 e. The van der Waals surface area contributed by atoms with Crippen molar-refractivity contribution in [3.63, 3.8) is 0 Å². The van der Waals surface area contributed by atoms with Gasteiger partial charge in [-0.05, 0) is 17.7 Å². The third-order valence-electron chi connectivity index (χ3n) is 4.82. The summed E-state index contributed by atoms with van der Waals surface area (Å²) in [6.45, 7) is 0.941. The number of carbonyl (C=O) groups excluding carboxylic acids is 2. The fraction of sp³-hybridized carbons (Fsp3) is 0.389. The molecule has 0 spiro atoms. The van der Waals surface area contributed by atoms with Gasteiger partial charge in [-0.3, -0.25) is 14.3 Å². The molecule has 2 atom stereocenters. The molecule has 0 radical (unpaired) electrons. The lowest BCUT2D eigenvalue weighted by atomic mass is 10.1. The lowest BCUT2D eigenvalue weighted by molar-refractivity contribution is -0.140. The zero-order chi connectivity index (χ0) is 17.4. The summed E-state index contributed by atoms with van der Waals surface area (Å²) < 4.78 is 7.69. The Bertz CT molecular complexity index is 791. The van der Waals surface area contributed by atoms with Crippen molar-refractivity contribution in [3.05, 3.63) is 47.8 Å². The topological polar surface area (TPSA) is 76.5 Å². The van der Waals surface area contributed by atoms with Gasteiger partial charge in [0.25, 0.3) is 5.91 Å². The number of para-hydroxylation sites is 1. The van der Waals surface area contributed by atoms with Gasteiger partial charge in [0, 0.05) is 26.2 Å². The molecule has 2 aromatic rings. The fourth-order valence-corrected chi connectivity index (χ4v) is 3.55. The Morgan fingerprint density at radius 1 is 1.32 bits per heavy atom. The van der Waals surface area contributed by atoms with E-state index in [1.807, 2.05) is 35.0 Å². The molecule has 0 fully saturated rings. The van der Waals surface area contributed by atoms with E-state index in [4.69, 9.17) is 4.74 Å². The molecule has 25 heavy (non-hydrogen) atoms. The number of carbonyl (C=O) groups is 2. The SMILES string of the molecule is CNC(=O)C[C@@H]1CN(C(=O)[C@H]2Cc3ccccc3O2)Cc2ccnn21. The van der Waals surface area contributed by atoms with E-state index in [1.165, 1.54) is 0 Å². The maximum Gasteiger partial charge on any atom is 0.264 e. The van der Waals surface area contributed by atoms with Crippen LogP contribution in [0.4, 0.5) is 0 Å². The van der Waals surface area contributed by atoms with Gasteiger partial charge in [-0.2, -0.15) is 5.10 Å². The van der Waals surface area contributed by atoms with Crippen LogP contribution in [0.15, 0.2) is 36.5 Å². The molecular weight excluding hydrogens is 320 g/mol. The largest absolute Gasteiger partial charge is 0.480 e. The van der Waals surface area contributed by atoms with Gasteiger partial charge in [-0.1, -0.05) is 18.2 Å². The van der Waals surface area contributed by atoms with E-state index in [-0.39, 0.29) is 17.9 Å². The molecule has 2 aliphatic heterocycles. The maximum absolute atomic E-state index is 13.0. The van der Waals surface area contributed by atoms with Gasteiger partial charge in [-0.15, -0.1) is 0 Å². The minimum Gasteiger partial charge on any atom is -0.480 e. The minimum absolute atomic E-state index is 0.0365. The van der Waals surface area contributed by atoms with Crippen molar-refractivity contribution in [2.24, 2.45) is 0 Å². The number of aromatic nitrogens is 2. The van der Waals surface area contributed by atoms with Crippen molar-refractivity contribution < 1.29 is 14.3 Å².